The van der Waals surface area contributed by atoms with Gasteiger partial charge in [0.2, 0.25) is 5.91 Å². The minimum Gasteiger partial charge on any atom is -0.481 e. The average Bonchev–Trinajstić information content (AvgIpc) is 2.70. The van der Waals surface area contributed by atoms with E-state index >= 15 is 0 Å². The Balaban J connectivity index is 3.68. The van der Waals surface area contributed by atoms with Crippen LogP contribution in [0.25, 0.3) is 0 Å². The van der Waals surface area contributed by atoms with E-state index in [1.54, 1.807) is 4.90 Å². The quantitative estimate of drug-likeness (QED) is 0.174. The molecular weight excluding hydrogens is 362 g/mol. The molecular formula is C25H47NO3. The first-order chi connectivity index (χ1) is 14.1. The highest BCUT2D eigenvalue weighted by Gasteiger charge is 2.22. The molecule has 1 N–H and O–H groups in total. The number of amides is 1. The maximum absolute atomic E-state index is 12.1. The summed E-state index contributed by atoms with van der Waals surface area (Å²) in [6.07, 6.45) is 21.5. The monoisotopic (exact) mass is 409 g/mol. The molecule has 0 saturated heterocycles. The average molecular weight is 410 g/mol. The Kier molecular flexibility index (Phi) is 19.1. The molecule has 1 amide bonds. The second-order valence-electron chi connectivity index (χ2n) is 8.18. The highest BCUT2D eigenvalue weighted by atomic mass is 16.4. The third-order valence-electron chi connectivity index (χ3n) is 5.70. The molecule has 1 atom stereocenters. The van der Waals surface area contributed by atoms with Gasteiger partial charge in [0.05, 0.1) is 5.92 Å². The Morgan fingerprint density at radius 2 is 1.24 bits per heavy atom. The van der Waals surface area contributed by atoms with Crippen molar-refractivity contribution in [1.29, 1.82) is 0 Å². The van der Waals surface area contributed by atoms with Crippen molar-refractivity contribution in [3.8, 4) is 0 Å². The number of hydrogen-bond acceptors (Lipinski definition) is 2. The molecule has 0 fully saturated rings. The maximum Gasteiger partial charge on any atom is 0.307 e. The third-order valence-corrected chi connectivity index (χ3v) is 5.70. The van der Waals surface area contributed by atoms with Crippen LogP contribution in [0.15, 0.2) is 12.2 Å². The standard InChI is InChI=1S/C25H47NO3/c1-4-7-8-9-10-11-12-13-14-15-16-17-18-19-20-21-23(25(28)29)22-24(27)26(5-2)6-3/h14-15,23H,4-13,16-22H2,1-3H3,(H,28,29)/b15-14+. The highest BCUT2D eigenvalue weighted by Crippen LogP contribution is 2.17. The van der Waals surface area contributed by atoms with Gasteiger partial charge < -0.3 is 10.0 Å². The van der Waals surface area contributed by atoms with Gasteiger partial charge in [0.25, 0.3) is 0 Å². The number of carboxylic acid groups (broad SMARTS) is 1. The zero-order valence-electron chi connectivity index (χ0n) is 19.5. The van der Waals surface area contributed by atoms with E-state index < -0.39 is 11.9 Å². The molecule has 0 aliphatic carbocycles. The Bertz CT molecular complexity index is 430. The molecule has 1 unspecified atom stereocenters. The van der Waals surface area contributed by atoms with Crippen molar-refractivity contribution in [2.45, 2.75) is 117 Å². The lowest BCUT2D eigenvalue weighted by Crippen LogP contribution is -2.33. The molecule has 29 heavy (non-hydrogen) atoms. The van der Waals surface area contributed by atoms with Crippen molar-refractivity contribution in [2.24, 2.45) is 5.92 Å². The van der Waals surface area contributed by atoms with Gasteiger partial charge in [-0.25, -0.2) is 0 Å². The molecule has 4 heteroatoms. The molecule has 0 aliphatic rings. The fraction of sp³-hybridized carbons (Fsp3) is 0.840. The predicted molar refractivity (Wildman–Crippen MR) is 123 cm³/mol. The summed E-state index contributed by atoms with van der Waals surface area (Å²) in [5, 5.41) is 9.38. The number of carboxylic acids is 1. The molecule has 0 spiro atoms. The van der Waals surface area contributed by atoms with Gasteiger partial charge in [-0.1, -0.05) is 76.9 Å². The van der Waals surface area contributed by atoms with Crippen LogP contribution < -0.4 is 0 Å². The smallest absolute Gasteiger partial charge is 0.307 e. The van der Waals surface area contributed by atoms with Crippen molar-refractivity contribution < 1.29 is 14.7 Å². The van der Waals surface area contributed by atoms with Crippen molar-refractivity contribution in [1.82, 2.24) is 4.90 Å². The van der Waals surface area contributed by atoms with Gasteiger partial charge >= 0.3 is 5.97 Å². The molecule has 0 aromatic rings. The summed E-state index contributed by atoms with van der Waals surface area (Å²) in [6, 6.07) is 0. The van der Waals surface area contributed by atoms with Crippen molar-refractivity contribution in [2.75, 3.05) is 13.1 Å². The fourth-order valence-corrected chi connectivity index (χ4v) is 3.69. The number of carbonyl (C=O) groups excluding carboxylic acids is 1. The SMILES string of the molecule is CCCCCCCCC/C=C/CCCCCCC(CC(=O)N(CC)CC)C(=O)O. The van der Waals surface area contributed by atoms with Crippen molar-refractivity contribution >= 4 is 11.9 Å². The number of aliphatic carboxylic acids is 1. The second kappa shape index (κ2) is 20.0. The number of rotatable bonds is 20. The number of carbonyl (C=O) groups is 2. The van der Waals surface area contributed by atoms with E-state index in [0.29, 0.717) is 19.5 Å². The van der Waals surface area contributed by atoms with Gasteiger partial charge in [-0.2, -0.15) is 0 Å². The van der Waals surface area contributed by atoms with Gasteiger partial charge in [0, 0.05) is 19.5 Å². The molecule has 170 valence electrons. The van der Waals surface area contributed by atoms with E-state index in [9.17, 15) is 14.7 Å². The molecule has 0 heterocycles. The zero-order chi connectivity index (χ0) is 21.7. The first-order valence-electron chi connectivity index (χ1n) is 12.2. The molecule has 4 nitrogen and oxygen atoms in total. The summed E-state index contributed by atoms with van der Waals surface area (Å²) in [6.45, 7) is 7.41. The van der Waals surface area contributed by atoms with Gasteiger partial charge in [-0.3, -0.25) is 9.59 Å². The normalized spacial score (nSPS) is 12.4. The van der Waals surface area contributed by atoms with Gasteiger partial charge in [-0.15, -0.1) is 0 Å². The first kappa shape index (κ1) is 27.7. The van der Waals surface area contributed by atoms with E-state index in [-0.39, 0.29) is 12.3 Å². The van der Waals surface area contributed by atoms with E-state index in [4.69, 9.17) is 0 Å². The summed E-state index contributed by atoms with van der Waals surface area (Å²) in [4.78, 5) is 25.3. The Morgan fingerprint density at radius 3 is 1.72 bits per heavy atom. The van der Waals surface area contributed by atoms with Crippen LogP contribution >= 0.6 is 0 Å². The lowest BCUT2D eigenvalue weighted by atomic mass is 9.96. The van der Waals surface area contributed by atoms with Crippen LogP contribution in [0.1, 0.15) is 117 Å². The predicted octanol–water partition coefficient (Wildman–Crippen LogP) is 6.98. The lowest BCUT2D eigenvalue weighted by molar-refractivity contribution is -0.146. The summed E-state index contributed by atoms with van der Waals surface area (Å²) < 4.78 is 0. The van der Waals surface area contributed by atoms with Crippen LogP contribution in [0, 0.1) is 5.92 Å². The van der Waals surface area contributed by atoms with E-state index in [0.717, 1.165) is 25.7 Å². The molecule has 0 radical (unpaired) electrons. The molecule has 0 aliphatic heterocycles. The van der Waals surface area contributed by atoms with Crippen molar-refractivity contribution in [3.63, 3.8) is 0 Å². The first-order valence-corrected chi connectivity index (χ1v) is 12.2. The van der Waals surface area contributed by atoms with Crippen LogP contribution in [0.2, 0.25) is 0 Å². The second-order valence-corrected chi connectivity index (χ2v) is 8.18. The van der Waals surface area contributed by atoms with Crippen LogP contribution in [-0.4, -0.2) is 35.0 Å². The number of unbranched alkanes of at least 4 members (excludes halogenated alkanes) is 11. The van der Waals surface area contributed by atoms with E-state index in [1.165, 1.54) is 57.8 Å². The summed E-state index contributed by atoms with van der Waals surface area (Å²) in [5.74, 6) is -1.41. The van der Waals surface area contributed by atoms with Crippen LogP contribution in [-0.2, 0) is 9.59 Å². The Hall–Kier alpha value is -1.32. The van der Waals surface area contributed by atoms with Gasteiger partial charge in [-0.05, 0) is 46.0 Å². The Labute approximate surface area is 180 Å². The van der Waals surface area contributed by atoms with Crippen LogP contribution in [0.5, 0.6) is 0 Å². The molecule has 0 bridgehead atoms. The van der Waals surface area contributed by atoms with Gasteiger partial charge in [0.1, 0.15) is 0 Å². The zero-order valence-corrected chi connectivity index (χ0v) is 19.5. The van der Waals surface area contributed by atoms with E-state index in [2.05, 4.69) is 19.1 Å². The van der Waals surface area contributed by atoms with Crippen LogP contribution in [0.4, 0.5) is 0 Å². The van der Waals surface area contributed by atoms with Crippen LogP contribution in [0.3, 0.4) is 0 Å². The minimum atomic E-state index is -0.834. The Morgan fingerprint density at radius 1 is 0.759 bits per heavy atom. The summed E-state index contributed by atoms with van der Waals surface area (Å²) >= 11 is 0. The molecule has 0 aromatic heterocycles. The van der Waals surface area contributed by atoms with Gasteiger partial charge in [0.15, 0.2) is 0 Å². The number of hydrogen-bond donors (Lipinski definition) is 1. The fourth-order valence-electron chi connectivity index (χ4n) is 3.69. The highest BCUT2D eigenvalue weighted by molar-refractivity contribution is 5.82. The third kappa shape index (κ3) is 16.2. The summed E-state index contributed by atoms with van der Waals surface area (Å²) in [5.41, 5.74) is 0. The van der Waals surface area contributed by atoms with E-state index in [1.807, 2.05) is 13.8 Å². The number of nitrogens with zero attached hydrogens (tertiary/aromatic N) is 1. The summed E-state index contributed by atoms with van der Waals surface area (Å²) in [7, 11) is 0. The molecule has 0 rings (SSSR count). The molecule has 0 saturated carbocycles. The maximum atomic E-state index is 12.1. The number of allylic oxidation sites excluding steroid dienone is 2. The largest absolute Gasteiger partial charge is 0.481 e. The van der Waals surface area contributed by atoms with Crippen molar-refractivity contribution in [3.05, 3.63) is 12.2 Å². The topological polar surface area (TPSA) is 57.6 Å². The molecule has 0 aromatic carbocycles. The lowest BCUT2D eigenvalue weighted by Gasteiger charge is -2.21. The minimum absolute atomic E-state index is 0.0338.